The lowest BCUT2D eigenvalue weighted by Gasteiger charge is -2.01. The van der Waals surface area contributed by atoms with Gasteiger partial charge in [-0.3, -0.25) is 10.1 Å². The number of aromatic amines is 2. The molecular weight excluding hydrogens is 268 g/mol. The molecule has 0 spiro atoms. The number of benzene rings is 2. The van der Waals surface area contributed by atoms with E-state index < -0.39 is 4.92 Å². The van der Waals surface area contributed by atoms with Crippen LogP contribution in [0.1, 0.15) is 0 Å². The SMILES string of the molecule is O=[N+]([O-])c1cc2c[nH][nH]c2c2c(-c3ccccc3)cnc12. The average molecular weight is 278 g/mol. The summed E-state index contributed by atoms with van der Waals surface area (Å²) in [6, 6.07) is 11.3. The quantitative estimate of drug-likeness (QED) is 0.433. The summed E-state index contributed by atoms with van der Waals surface area (Å²) in [5.41, 5.74) is 3.12. The third-order valence-corrected chi connectivity index (χ3v) is 3.61. The maximum atomic E-state index is 11.3. The number of non-ortho nitro benzene ring substituents is 1. The monoisotopic (exact) mass is 278 g/mol. The molecule has 2 aromatic carbocycles. The van der Waals surface area contributed by atoms with Gasteiger partial charge < -0.3 is 10.2 Å². The van der Waals surface area contributed by atoms with Gasteiger partial charge in [0, 0.05) is 34.8 Å². The topological polar surface area (TPSA) is 87.6 Å². The molecule has 4 aromatic rings. The Bertz CT molecular complexity index is 969. The Morgan fingerprint density at radius 1 is 1.19 bits per heavy atom. The van der Waals surface area contributed by atoms with Crippen molar-refractivity contribution in [1.29, 1.82) is 0 Å². The molecule has 6 heteroatoms. The Labute approximate surface area is 118 Å². The molecule has 0 aliphatic carbocycles. The highest BCUT2D eigenvalue weighted by Crippen LogP contribution is 2.38. The summed E-state index contributed by atoms with van der Waals surface area (Å²) >= 11 is 0. The van der Waals surface area contributed by atoms with Gasteiger partial charge in [0.1, 0.15) is 0 Å². The van der Waals surface area contributed by atoms with E-state index in [1.165, 1.54) is 6.07 Å². The molecule has 2 heterocycles. The van der Waals surface area contributed by atoms with Crippen molar-refractivity contribution in [2.45, 2.75) is 0 Å². The van der Waals surface area contributed by atoms with Crippen LogP contribution in [0.15, 0.2) is 48.8 Å². The number of hydrogen-bond acceptors (Lipinski definition) is 3. The fraction of sp³-hybridized carbons (Fsp3) is 0. The maximum Gasteiger partial charge on any atom is 0.296 e. The van der Waals surface area contributed by atoms with Crippen LogP contribution in [0.25, 0.3) is 32.9 Å². The number of nitrogens with one attached hydrogen (secondary N) is 2. The second-order valence-electron chi connectivity index (χ2n) is 4.79. The minimum absolute atomic E-state index is 0.0210. The van der Waals surface area contributed by atoms with Crippen molar-refractivity contribution < 1.29 is 4.92 Å². The third kappa shape index (κ3) is 1.62. The summed E-state index contributed by atoms with van der Waals surface area (Å²) in [6.45, 7) is 0. The van der Waals surface area contributed by atoms with E-state index >= 15 is 0 Å². The van der Waals surface area contributed by atoms with Crippen molar-refractivity contribution in [1.82, 2.24) is 15.2 Å². The van der Waals surface area contributed by atoms with E-state index in [9.17, 15) is 10.1 Å². The van der Waals surface area contributed by atoms with Crippen molar-refractivity contribution in [2.24, 2.45) is 0 Å². The number of nitrogens with zero attached hydrogens (tertiary/aromatic N) is 2. The van der Waals surface area contributed by atoms with Crippen molar-refractivity contribution in [3.8, 4) is 11.1 Å². The number of rotatable bonds is 2. The number of hydrogen-bond donors (Lipinski definition) is 2. The molecular formula is C15H10N4O2. The molecule has 0 saturated heterocycles. The van der Waals surface area contributed by atoms with Crippen LogP contribution in [0.2, 0.25) is 0 Å². The highest BCUT2D eigenvalue weighted by Gasteiger charge is 2.21. The highest BCUT2D eigenvalue weighted by molar-refractivity contribution is 6.15. The number of fused-ring (bicyclic) bond motifs is 3. The summed E-state index contributed by atoms with van der Waals surface area (Å²) in [5.74, 6) is 0. The van der Waals surface area contributed by atoms with E-state index in [-0.39, 0.29) is 5.69 Å². The summed E-state index contributed by atoms with van der Waals surface area (Å²) in [4.78, 5) is 15.1. The third-order valence-electron chi connectivity index (χ3n) is 3.61. The van der Waals surface area contributed by atoms with Crippen molar-refractivity contribution in [3.63, 3.8) is 0 Å². The van der Waals surface area contributed by atoms with Crippen molar-refractivity contribution in [2.75, 3.05) is 0 Å². The minimum Gasteiger partial charge on any atom is -0.307 e. The first-order valence-corrected chi connectivity index (χ1v) is 6.42. The Morgan fingerprint density at radius 3 is 2.76 bits per heavy atom. The molecule has 21 heavy (non-hydrogen) atoms. The molecule has 0 fully saturated rings. The van der Waals surface area contributed by atoms with E-state index in [2.05, 4.69) is 15.2 Å². The molecule has 0 saturated carbocycles. The van der Waals surface area contributed by atoms with Gasteiger partial charge in [-0.15, -0.1) is 0 Å². The van der Waals surface area contributed by atoms with E-state index in [1.807, 2.05) is 30.3 Å². The second kappa shape index (κ2) is 4.17. The standard InChI is InChI=1S/C15H10N4O2/c20-19(21)12-6-10-7-17-18-14(10)13-11(8-16-15(12)13)9-4-2-1-3-5-9/h1-8,17-18H. The Hall–Kier alpha value is -3.15. The van der Waals surface area contributed by atoms with Crippen LogP contribution in [0.3, 0.4) is 0 Å². The average Bonchev–Trinajstić information content (AvgIpc) is 3.13. The molecule has 0 aliphatic heterocycles. The van der Waals surface area contributed by atoms with Gasteiger partial charge >= 0.3 is 0 Å². The summed E-state index contributed by atoms with van der Waals surface area (Å²) < 4.78 is 0. The van der Waals surface area contributed by atoms with Crippen LogP contribution >= 0.6 is 0 Å². The smallest absolute Gasteiger partial charge is 0.296 e. The lowest BCUT2D eigenvalue weighted by molar-refractivity contribution is -0.383. The molecule has 0 radical (unpaired) electrons. The molecule has 2 N–H and O–H groups in total. The first kappa shape index (κ1) is 11.7. The van der Waals surface area contributed by atoms with Crippen LogP contribution in [-0.4, -0.2) is 20.1 Å². The van der Waals surface area contributed by atoms with E-state index in [1.54, 1.807) is 12.4 Å². The number of nitro benzene ring substituents is 1. The zero-order valence-corrected chi connectivity index (χ0v) is 10.8. The maximum absolute atomic E-state index is 11.3. The molecule has 4 rings (SSSR count). The number of aromatic nitrogens is 3. The highest BCUT2D eigenvalue weighted by atomic mass is 16.6. The summed E-state index contributed by atoms with van der Waals surface area (Å²) in [5, 5.41) is 18.7. The van der Waals surface area contributed by atoms with Gasteiger partial charge in [0.2, 0.25) is 0 Å². The van der Waals surface area contributed by atoms with Crippen molar-refractivity contribution in [3.05, 3.63) is 58.9 Å². The first-order valence-electron chi connectivity index (χ1n) is 6.42. The van der Waals surface area contributed by atoms with Crippen LogP contribution in [-0.2, 0) is 0 Å². The molecule has 102 valence electrons. The molecule has 6 nitrogen and oxygen atoms in total. The van der Waals surface area contributed by atoms with Gasteiger partial charge in [-0.2, -0.15) is 0 Å². The fourth-order valence-corrected chi connectivity index (χ4v) is 2.68. The lowest BCUT2D eigenvalue weighted by atomic mass is 10.0. The zero-order valence-electron chi connectivity index (χ0n) is 10.8. The number of nitro groups is 1. The molecule has 0 unspecified atom stereocenters. The molecule has 0 atom stereocenters. The lowest BCUT2D eigenvalue weighted by Crippen LogP contribution is -1.89. The van der Waals surface area contributed by atoms with Gasteiger partial charge in [0.15, 0.2) is 5.52 Å². The second-order valence-corrected chi connectivity index (χ2v) is 4.79. The minimum atomic E-state index is -0.392. The largest absolute Gasteiger partial charge is 0.307 e. The zero-order chi connectivity index (χ0) is 14.4. The summed E-state index contributed by atoms with van der Waals surface area (Å²) in [6.07, 6.45) is 3.40. The van der Waals surface area contributed by atoms with E-state index in [4.69, 9.17) is 0 Å². The van der Waals surface area contributed by atoms with E-state index in [0.29, 0.717) is 5.52 Å². The Morgan fingerprint density at radius 2 is 2.00 bits per heavy atom. The molecule has 2 aromatic heterocycles. The van der Waals surface area contributed by atoms with Crippen molar-refractivity contribution >= 4 is 27.5 Å². The van der Waals surface area contributed by atoms with Gasteiger partial charge in [-0.25, -0.2) is 4.98 Å². The van der Waals surface area contributed by atoms with Crippen LogP contribution in [0.5, 0.6) is 0 Å². The van der Waals surface area contributed by atoms with Crippen LogP contribution in [0, 0.1) is 10.1 Å². The Kier molecular flexibility index (Phi) is 2.32. The normalized spacial score (nSPS) is 11.2. The summed E-state index contributed by atoms with van der Waals surface area (Å²) in [7, 11) is 0. The van der Waals surface area contributed by atoms with Gasteiger partial charge in [0.25, 0.3) is 5.69 Å². The van der Waals surface area contributed by atoms with Crippen LogP contribution in [0.4, 0.5) is 5.69 Å². The number of H-pyrrole nitrogens is 2. The van der Waals surface area contributed by atoms with Gasteiger partial charge in [-0.05, 0) is 5.56 Å². The first-order chi connectivity index (χ1) is 10.3. The fourth-order valence-electron chi connectivity index (χ4n) is 2.68. The van der Waals surface area contributed by atoms with Gasteiger partial charge in [0.05, 0.1) is 10.4 Å². The van der Waals surface area contributed by atoms with Gasteiger partial charge in [-0.1, -0.05) is 30.3 Å². The molecule has 0 aliphatic rings. The van der Waals surface area contributed by atoms with Crippen LogP contribution < -0.4 is 0 Å². The predicted molar refractivity (Wildman–Crippen MR) is 80.0 cm³/mol. The molecule has 0 bridgehead atoms. The predicted octanol–water partition coefficient (Wildman–Crippen LogP) is 3.62. The molecule has 0 amide bonds. The Balaban J connectivity index is 2.17. The van der Waals surface area contributed by atoms with E-state index in [0.717, 1.165) is 27.4 Å².